The lowest BCUT2D eigenvalue weighted by atomic mass is 9.96. The van der Waals surface area contributed by atoms with Gasteiger partial charge >= 0.3 is 0 Å². The number of carbonyl (C=O) groups excluding carboxylic acids is 1. The summed E-state index contributed by atoms with van der Waals surface area (Å²) in [7, 11) is 5.97. The van der Waals surface area contributed by atoms with Crippen molar-refractivity contribution in [1.29, 1.82) is 0 Å². The number of carbonyl (C=O) groups is 1. The number of hydrogen-bond donors (Lipinski definition) is 0. The van der Waals surface area contributed by atoms with Gasteiger partial charge < -0.3 is 14.4 Å². The fraction of sp³-hybridized carbons (Fsp3) is 0.522. The standard InChI is InChI=1S/C23H33FN4O/c1-25(2)14-15-28(23(29)22-11-7-12-26(22)3)17-19-8-6-13-27(16-19)18-20-9-4-5-10-21(20)24/h4-5,7,9-12,19H,6,8,13-18H2,1-3H3. The molecule has 1 fully saturated rings. The summed E-state index contributed by atoms with van der Waals surface area (Å²) >= 11 is 0. The van der Waals surface area contributed by atoms with Crippen LogP contribution in [0, 0.1) is 11.7 Å². The van der Waals surface area contributed by atoms with Gasteiger partial charge in [0.2, 0.25) is 0 Å². The van der Waals surface area contributed by atoms with E-state index in [1.54, 1.807) is 6.07 Å². The van der Waals surface area contributed by atoms with Crippen LogP contribution in [0.25, 0.3) is 0 Å². The van der Waals surface area contributed by atoms with Gasteiger partial charge in [-0.3, -0.25) is 9.69 Å². The molecule has 0 aliphatic carbocycles. The Balaban J connectivity index is 1.65. The number of piperidine rings is 1. The van der Waals surface area contributed by atoms with Crippen molar-refractivity contribution in [3.63, 3.8) is 0 Å². The number of amides is 1. The zero-order chi connectivity index (χ0) is 20.8. The highest BCUT2D eigenvalue weighted by Crippen LogP contribution is 2.21. The van der Waals surface area contributed by atoms with Gasteiger partial charge in [0, 0.05) is 51.5 Å². The SMILES string of the molecule is CN(C)CCN(CC1CCCN(Cc2ccccc2F)C1)C(=O)c1cccn1C. The summed E-state index contributed by atoms with van der Waals surface area (Å²) in [6, 6.07) is 10.8. The Kier molecular flexibility index (Phi) is 7.45. The molecule has 29 heavy (non-hydrogen) atoms. The van der Waals surface area contributed by atoms with E-state index in [4.69, 9.17) is 0 Å². The molecule has 0 radical (unpaired) electrons. The van der Waals surface area contributed by atoms with Crippen molar-refractivity contribution in [1.82, 2.24) is 19.3 Å². The molecule has 1 aliphatic rings. The lowest BCUT2D eigenvalue weighted by molar-refractivity contribution is 0.0651. The summed E-state index contributed by atoms with van der Waals surface area (Å²) in [5, 5.41) is 0. The summed E-state index contributed by atoms with van der Waals surface area (Å²) in [4.78, 5) is 19.6. The third-order valence-corrected chi connectivity index (χ3v) is 5.70. The van der Waals surface area contributed by atoms with Gasteiger partial charge in [-0.1, -0.05) is 18.2 Å². The predicted molar refractivity (Wildman–Crippen MR) is 114 cm³/mol. The molecule has 158 valence electrons. The van der Waals surface area contributed by atoms with E-state index in [2.05, 4.69) is 9.80 Å². The lowest BCUT2D eigenvalue weighted by Gasteiger charge is -2.36. The molecule has 1 aromatic carbocycles. The zero-order valence-electron chi connectivity index (χ0n) is 17.9. The van der Waals surface area contributed by atoms with Gasteiger partial charge in [0.15, 0.2) is 0 Å². The maximum Gasteiger partial charge on any atom is 0.270 e. The Bertz CT molecular complexity index is 804. The normalized spacial score (nSPS) is 17.6. The van der Waals surface area contributed by atoms with E-state index >= 15 is 0 Å². The average molecular weight is 401 g/mol. The first-order valence-corrected chi connectivity index (χ1v) is 10.4. The first-order valence-electron chi connectivity index (χ1n) is 10.4. The molecule has 1 amide bonds. The topological polar surface area (TPSA) is 31.7 Å². The second kappa shape index (κ2) is 10.0. The first kappa shape index (κ1) is 21.5. The molecule has 0 saturated carbocycles. The fourth-order valence-electron chi connectivity index (χ4n) is 4.06. The van der Waals surface area contributed by atoms with Crippen LogP contribution in [0.5, 0.6) is 0 Å². The minimum atomic E-state index is -0.138. The number of aryl methyl sites for hydroxylation is 1. The highest BCUT2D eigenvalue weighted by molar-refractivity contribution is 5.92. The van der Waals surface area contributed by atoms with Crippen molar-refractivity contribution in [2.45, 2.75) is 19.4 Å². The number of likely N-dealkylation sites (tertiary alicyclic amines) is 1. The number of likely N-dealkylation sites (N-methyl/N-ethyl adjacent to an activating group) is 1. The molecule has 1 aromatic heterocycles. The third kappa shape index (κ3) is 5.90. The summed E-state index contributed by atoms with van der Waals surface area (Å²) in [5.41, 5.74) is 1.47. The second-order valence-electron chi connectivity index (χ2n) is 8.39. The summed E-state index contributed by atoms with van der Waals surface area (Å²) in [6.07, 6.45) is 4.10. The first-order chi connectivity index (χ1) is 13.9. The van der Waals surface area contributed by atoms with E-state index < -0.39 is 0 Å². The zero-order valence-corrected chi connectivity index (χ0v) is 17.9. The van der Waals surface area contributed by atoms with Gasteiger partial charge in [0.05, 0.1) is 0 Å². The van der Waals surface area contributed by atoms with Gasteiger partial charge in [-0.15, -0.1) is 0 Å². The molecule has 2 heterocycles. The Morgan fingerprint density at radius 1 is 1.17 bits per heavy atom. The highest BCUT2D eigenvalue weighted by Gasteiger charge is 2.26. The molecule has 2 aromatic rings. The van der Waals surface area contributed by atoms with E-state index in [0.717, 1.165) is 50.3 Å². The number of halogens is 1. The van der Waals surface area contributed by atoms with Crippen LogP contribution in [-0.4, -0.2) is 72.0 Å². The third-order valence-electron chi connectivity index (χ3n) is 5.70. The van der Waals surface area contributed by atoms with E-state index in [1.165, 1.54) is 6.07 Å². The van der Waals surface area contributed by atoms with Gasteiger partial charge in [0.1, 0.15) is 11.5 Å². The van der Waals surface area contributed by atoms with Crippen LogP contribution in [0.1, 0.15) is 28.9 Å². The molecule has 1 atom stereocenters. The largest absolute Gasteiger partial charge is 0.347 e. The Labute approximate surface area is 173 Å². The Morgan fingerprint density at radius 2 is 1.97 bits per heavy atom. The van der Waals surface area contributed by atoms with Crippen molar-refractivity contribution in [2.24, 2.45) is 13.0 Å². The summed E-state index contributed by atoms with van der Waals surface area (Å²) < 4.78 is 15.9. The van der Waals surface area contributed by atoms with Crippen molar-refractivity contribution in [2.75, 3.05) is 46.8 Å². The molecule has 0 bridgehead atoms. The van der Waals surface area contributed by atoms with E-state index in [-0.39, 0.29) is 11.7 Å². The highest BCUT2D eigenvalue weighted by atomic mass is 19.1. The van der Waals surface area contributed by atoms with Crippen molar-refractivity contribution in [3.8, 4) is 0 Å². The summed E-state index contributed by atoms with van der Waals surface area (Å²) in [6.45, 7) is 4.79. The second-order valence-corrected chi connectivity index (χ2v) is 8.39. The number of benzene rings is 1. The van der Waals surface area contributed by atoms with Gasteiger partial charge in [0.25, 0.3) is 5.91 Å². The molecule has 1 unspecified atom stereocenters. The molecular formula is C23H33FN4O. The van der Waals surface area contributed by atoms with Crippen molar-refractivity contribution in [3.05, 3.63) is 59.7 Å². The van der Waals surface area contributed by atoms with Crippen LogP contribution >= 0.6 is 0 Å². The maximum absolute atomic E-state index is 14.0. The van der Waals surface area contributed by atoms with Crippen LogP contribution in [-0.2, 0) is 13.6 Å². The predicted octanol–water partition coefficient (Wildman–Crippen LogP) is 3.08. The van der Waals surface area contributed by atoms with E-state index in [1.807, 2.05) is 61.1 Å². The molecule has 5 nitrogen and oxygen atoms in total. The van der Waals surface area contributed by atoms with Crippen molar-refractivity contribution < 1.29 is 9.18 Å². The Hall–Kier alpha value is -2.18. The monoisotopic (exact) mass is 400 g/mol. The number of nitrogens with zero attached hydrogens (tertiary/aromatic N) is 4. The molecule has 0 N–H and O–H groups in total. The van der Waals surface area contributed by atoms with Crippen LogP contribution < -0.4 is 0 Å². The quantitative estimate of drug-likeness (QED) is 0.683. The van der Waals surface area contributed by atoms with Crippen LogP contribution in [0.15, 0.2) is 42.6 Å². The Morgan fingerprint density at radius 3 is 2.66 bits per heavy atom. The molecule has 6 heteroatoms. The van der Waals surface area contributed by atoms with Crippen LogP contribution in [0.3, 0.4) is 0 Å². The van der Waals surface area contributed by atoms with Crippen LogP contribution in [0.2, 0.25) is 0 Å². The molecule has 1 aliphatic heterocycles. The van der Waals surface area contributed by atoms with Gasteiger partial charge in [-0.05, 0) is 57.6 Å². The molecule has 3 rings (SSSR count). The smallest absolute Gasteiger partial charge is 0.270 e. The van der Waals surface area contributed by atoms with Crippen LogP contribution in [0.4, 0.5) is 4.39 Å². The maximum atomic E-state index is 14.0. The van der Waals surface area contributed by atoms with Crippen molar-refractivity contribution >= 4 is 5.91 Å². The summed E-state index contributed by atoms with van der Waals surface area (Å²) in [5.74, 6) is 0.355. The molecule has 0 spiro atoms. The number of rotatable bonds is 8. The number of hydrogen-bond acceptors (Lipinski definition) is 3. The molecule has 1 saturated heterocycles. The average Bonchev–Trinajstić information content (AvgIpc) is 3.12. The lowest BCUT2D eigenvalue weighted by Crippen LogP contribution is -2.45. The van der Waals surface area contributed by atoms with E-state index in [9.17, 15) is 9.18 Å². The van der Waals surface area contributed by atoms with E-state index in [0.29, 0.717) is 19.0 Å². The van der Waals surface area contributed by atoms with Gasteiger partial charge in [-0.25, -0.2) is 4.39 Å². The van der Waals surface area contributed by atoms with Gasteiger partial charge in [-0.2, -0.15) is 0 Å². The fourth-order valence-corrected chi connectivity index (χ4v) is 4.06. The number of aromatic nitrogens is 1. The minimum Gasteiger partial charge on any atom is -0.347 e. The molecular weight excluding hydrogens is 367 g/mol. The minimum absolute atomic E-state index is 0.0885.